The molecule has 4 rings (SSSR count). The van der Waals surface area contributed by atoms with Crippen molar-refractivity contribution in [2.75, 3.05) is 11.8 Å². The lowest BCUT2D eigenvalue weighted by atomic mass is 10.1. The Balaban J connectivity index is 1.70. The molecule has 4 aromatic rings. The molecule has 0 aliphatic heterocycles. The van der Waals surface area contributed by atoms with Crippen LogP contribution < -0.4 is 14.2 Å². The number of sulfonamides is 1. The molecule has 0 heterocycles. The van der Waals surface area contributed by atoms with Gasteiger partial charge in [-0.15, -0.1) is 0 Å². The van der Waals surface area contributed by atoms with E-state index in [1.54, 1.807) is 48.5 Å². The Morgan fingerprint density at radius 3 is 2.23 bits per heavy atom. The largest absolute Gasteiger partial charge is 0.493 e. The predicted molar refractivity (Wildman–Crippen MR) is 119 cm³/mol. The number of fused-ring (bicyclic) bond motifs is 1. The van der Waals surface area contributed by atoms with Gasteiger partial charge in [-0.1, -0.05) is 54.1 Å². The van der Waals surface area contributed by atoms with E-state index in [0.29, 0.717) is 22.3 Å². The van der Waals surface area contributed by atoms with E-state index in [1.165, 1.54) is 13.2 Å². The van der Waals surface area contributed by atoms with Crippen LogP contribution in [0.1, 0.15) is 0 Å². The number of benzene rings is 4. The van der Waals surface area contributed by atoms with Crippen LogP contribution in [0.15, 0.2) is 89.8 Å². The van der Waals surface area contributed by atoms with Crippen LogP contribution in [0.4, 0.5) is 5.69 Å². The average molecular weight is 440 g/mol. The number of hydrogen-bond donors (Lipinski definition) is 1. The molecular formula is C23H18ClNO4S. The first-order valence-corrected chi connectivity index (χ1v) is 10.9. The first kappa shape index (κ1) is 20.1. The molecule has 4 aromatic carbocycles. The number of methoxy groups -OCH3 is 1. The molecule has 0 unspecified atom stereocenters. The zero-order valence-corrected chi connectivity index (χ0v) is 17.6. The number of rotatable bonds is 6. The van der Waals surface area contributed by atoms with Crippen molar-refractivity contribution in [2.45, 2.75) is 4.90 Å². The third-order valence-corrected chi connectivity index (χ3v) is 6.10. The molecule has 0 saturated carbocycles. The Kier molecular flexibility index (Phi) is 5.53. The second kappa shape index (κ2) is 8.26. The first-order valence-electron chi connectivity index (χ1n) is 9.08. The highest BCUT2D eigenvalue weighted by molar-refractivity contribution is 7.92. The molecule has 0 aromatic heterocycles. The summed E-state index contributed by atoms with van der Waals surface area (Å²) < 4.78 is 39.9. The van der Waals surface area contributed by atoms with Crippen LogP contribution in [0.3, 0.4) is 0 Å². The second-order valence-corrected chi connectivity index (χ2v) is 8.63. The zero-order valence-electron chi connectivity index (χ0n) is 16.0. The molecule has 0 radical (unpaired) electrons. The Morgan fingerprint density at radius 2 is 1.47 bits per heavy atom. The Bertz CT molecular complexity index is 1320. The number of nitrogens with one attached hydrogen (secondary N) is 1. The lowest BCUT2D eigenvalue weighted by Gasteiger charge is -2.15. The third-order valence-electron chi connectivity index (χ3n) is 4.51. The summed E-state index contributed by atoms with van der Waals surface area (Å²) >= 11 is 6.12. The Morgan fingerprint density at radius 1 is 0.767 bits per heavy atom. The molecule has 7 heteroatoms. The van der Waals surface area contributed by atoms with Crippen molar-refractivity contribution in [1.82, 2.24) is 0 Å². The maximum Gasteiger partial charge on any atom is 0.262 e. The van der Waals surface area contributed by atoms with E-state index in [2.05, 4.69) is 4.72 Å². The second-order valence-electron chi connectivity index (χ2n) is 6.51. The van der Waals surface area contributed by atoms with Gasteiger partial charge in [-0.2, -0.15) is 0 Å². The van der Waals surface area contributed by atoms with Gasteiger partial charge in [0.25, 0.3) is 10.0 Å². The van der Waals surface area contributed by atoms with Gasteiger partial charge in [0, 0.05) is 5.02 Å². The summed E-state index contributed by atoms with van der Waals surface area (Å²) in [4.78, 5) is 0.143. The van der Waals surface area contributed by atoms with Crippen molar-refractivity contribution < 1.29 is 17.9 Å². The Labute approximate surface area is 179 Å². The zero-order chi connectivity index (χ0) is 21.1. The van der Waals surface area contributed by atoms with Gasteiger partial charge in [-0.3, -0.25) is 4.72 Å². The summed E-state index contributed by atoms with van der Waals surface area (Å²) in [5, 5.41) is 2.16. The van der Waals surface area contributed by atoms with Crippen molar-refractivity contribution in [2.24, 2.45) is 0 Å². The van der Waals surface area contributed by atoms with Crippen LogP contribution in [-0.2, 0) is 10.0 Å². The Hall–Kier alpha value is -3.22. The van der Waals surface area contributed by atoms with Crippen molar-refractivity contribution in [3.05, 3.63) is 90.0 Å². The van der Waals surface area contributed by atoms with Crippen LogP contribution in [0, 0.1) is 0 Å². The fourth-order valence-electron chi connectivity index (χ4n) is 3.03. The van der Waals surface area contributed by atoms with Crippen molar-refractivity contribution >= 4 is 38.1 Å². The van der Waals surface area contributed by atoms with Crippen LogP contribution in [-0.4, -0.2) is 15.5 Å². The average Bonchev–Trinajstić information content (AvgIpc) is 2.75. The van der Waals surface area contributed by atoms with E-state index in [4.69, 9.17) is 21.1 Å². The minimum Gasteiger partial charge on any atom is -0.493 e. The third kappa shape index (κ3) is 4.20. The molecule has 30 heavy (non-hydrogen) atoms. The van der Waals surface area contributed by atoms with E-state index in [9.17, 15) is 8.42 Å². The summed E-state index contributed by atoms with van der Waals surface area (Å²) in [6.45, 7) is 0. The van der Waals surface area contributed by atoms with E-state index in [0.717, 1.165) is 10.8 Å². The van der Waals surface area contributed by atoms with E-state index < -0.39 is 10.0 Å². The SMILES string of the molecule is COc1ccccc1Oc1ccc(Cl)cc1NS(=O)(=O)c1ccc2ccccc2c1. The molecule has 0 atom stereocenters. The molecule has 0 saturated heterocycles. The van der Waals surface area contributed by atoms with E-state index in [-0.39, 0.29) is 10.6 Å². The van der Waals surface area contributed by atoms with Crippen LogP contribution in [0.2, 0.25) is 5.02 Å². The van der Waals surface area contributed by atoms with Crippen molar-refractivity contribution in [3.63, 3.8) is 0 Å². The molecule has 0 bridgehead atoms. The summed E-state index contributed by atoms with van der Waals surface area (Å²) in [7, 11) is -2.34. The summed E-state index contributed by atoms with van der Waals surface area (Å²) in [5.74, 6) is 1.28. The topological polar surface area (TPSA) is 64.6 Å². The van der Waals surface area contributed by atoms with E-state index >= 15 is 0 Å². The normalized spacial score (nSPS) is 11.3. The van der Waals surface area contributed by atoms with Gasteiger partial charge in [0.2, 0.25) is 0 Å². The highest BCUT2D eigenvalue weighted by Gasteiger charge is 2.18. The maximum absolute atomic E-state index is 13.0. The van der Waals surface area contributed by atoms with Gasteiger partial charge < -0.3 is 9.47 Å². The molecule has 5 nitrogen and oxygen atoms in total. The van der Waals surface area contributed by atoms with Crippen LogP contribution >= 0.6 is 11.6 Å². The lowest BCUT2D eigenvalue weighted by molar-refractivity contribution is 0.379. The molecular weight excluding hydrogens is 422 g/mol. The molecule has 0 fully saturated rings. The predicted octanol–water partition coefficient (Wildman–Crippen LogP) is 6.09. The van der Waals surface area contributed by atoms with Crippen LogP contribution in [0.5, 0.6) is 17.2 Å². The lowest BCUT2D eigenvalue weighted by Crippen LogP contribution is -2.13. The fourth-order valence-corrected chi connectivity index (χ4v) is 4.30. The van der Waals surface area contributed by atoms with Crippen molar-refractivity contribution in [1.29, 1.82) is 0 Å². The minimum absolute atomic E-state index is 0.143. The summed E-state index contributed by atoms with van der Waals surface area (Å²) in [6.07, 6.45) is 0. The van der Waals surface area contributed by atoms with Gasteiger partial charge in [0.15, 0.2) is 17.2 Å². The summed E-state index contributed by atoms with van der Waals surface area (Å²) in [6, 6.07) is 24.4. The number of para-hydroxylation sites is 2. The van der Waals surface area contributed by atoms with Gasteiger partial charge in [0.1, 0.15) is 0 Å². The molecule has 1 N–H and O–H groups in total. The van der Waals surface area contributed by atoms with Crippen molar-refractivity contribution in [3.8, 4) is 17.2 Å². The van der Waals surface area contributed by atoms with Gasteiger partial charge in [0.05, 0.1) is 17.7 Å². The van der Waals surface area contributed by atoms with E-state index in [1.807, 2.05) is 30.3 Å². The smallest absolute Gasteiger partial charge is 0.262 e. The molecule has 152 valence electrons. The molecule has 0 spiro atoms. The molecule has 0 aliphatic carbocycles. The maximum atomic E-state index is 13.0. The number of anilines is 1. The standard InChI is InChI=1S/C23H18ClNO4S/c1-28-22-8-4-5-9-23(22)29-21-13-11-18(24)15-20(21)25-30(26,27)19-12-10-16-6-2-3-7-17(16)14-19/h2-15,25H,1H3. The summed E-state index contributed by atoms with van der Waals surface area (Å²) in [5.41, 5.74) is 0.224. The first-order chi connectivity index (χ1) is 14.5. The number of ether oxygens (including phenoxy) is 2. The quantitative estimate of drug-likeness (QED) is 0.394. The van der Waals surface area contributed by atoms with Gasteiger partial charge in [-0.25, -0.2) is 8.42 Å². The van der Waals surface area contributed by atoms with Gasteiger partial charge in [-0.05, 0) is 53.2 Å². The monoisotopic (exact) mass is 439 g/mol. The molecule has 0 aliphatic rings. The fraction of sp³-hybridized carbons (Fsp3) is 0.0435. The minimum atomic E-state index is -3.87. The highest BCUT2D eigenvalue weighted by Crippen LogP contribution is 2.37. The number of hydrogen-bond acceptors (Lipinski definition) is 4. The van der Waals surface area contributed by atoms with Crippen LogP contribution in [0.25, 0.3) is 10.8 Å². The highest BCUT2D eigenvalue weighted by atomic mass is 35.5. The van der Waals surface area contributed by atoms with Gasteiger partial charge >= 0.3 is 0 Å². The number of halogens is 1. The molecule has 0 amide bonds.